The molecule has 0 aliphatic heterocycles. The molecule has 0 spiro atoms. The molecule has 0 saturated carbocycles. The first-order valence-corrected chi connectivity index (χ1v) is 3.31. The largest absolute Gasteiger partial charge is 0.366 e. The van der Waals surface area contributed by atoms with Crippen molar-refractivity contribution in [3.8, 4) is 0 Å². The Bertz CT molecular complexity index is 309. The van der Waals surface area contributed by atoms with Crippen molar-refractivity contribution in [1.82, 2.24) is 0 Å². The third kappa shape index (κ3) is 3.02. The summed E-state index contributed by atoms with van der Waals surface area (Å²) in [6.45, 7) is 0. The first-order chi connectivity index (χ1) is 5.61. The fourth-order valence-electron chi connectivity index (χ4n) is 0.826. The van der Waals surface area contributed by atoms with Crippen LogP contribution in [0.3, 0.4) is 0 Å². The SMILES string of the molecule is I.NC(=O)c1cccc(C(N)=O)c1. The summed E-state index contributed by atoms with van der Waals surface area (Å²) in [5, 5.41) is 0. The highest BCUT2D eigenvalue weighted by atomic mass is 127. The average Bonchev–Trinajstić information content (AvgIpc) is 2.04. The molecule has 4 N–H and O–H groups in total. The molecule has 5 heteroatoms. The predicted octanol–water partition coefficient (Wildman–Crippen LogP) is 0.502. The minimum absolute atomic E-state index is 0. The van der Waals surface area contributed by atoms with Gasteiger partial charge in [-0.2, -0.15) is 0 Å². The van der Waals surface area contributed by atoms with Crippen LogP contribution in [0, 0.1) is 0 Å². The van der Waals surface area contributed by atoms with Gasteiger partial charge in [0.25, 0.3) is 0 Å². The van der Waals surface area contributed by atoms with Crippen LogP contribution < -0.4 is 11.5 Å². The van der Waals surface area contributed by atoms with Gasteiger partial charge in [0, 0.05) is 11.1 Å². The van der Waals surface area contributed by atoms with Crippen LogP contribution in [0.5, 0.6) is 0 Å². The van der Waals surface area contributed by atoms with E-state index >= 15 is 0 Å². The van der Waals surface area contributed by atoms with Crippen LogP contribution in [0.4, 0.5) is 0 Å². The molecule has 0 aliphatic rings. The topological polar surface area (TPSA) is 86.2 Å². The number of nitrogens with two attached hydrogens (primary N) is 2. The van der Waals surface area contributed by atoms with Crippen LogP contribution in [0.2, 0.25) is 0 Å². The molecule has 1 aromatic rings. The molecule has 0 radical (unpaired) electrons. The highest BCUT2D eigenvalue weighted by Crippen LogP contribution is 2.03. The van der Waals surface area contributed by atoms with Gasteiger partial charge >= 0.3 is 0 Å². The van der Waals surface area contributed by atoms with Crippen LogP contribution in [-0.4, -0.2) is 11.8 Å². The van der Waals surface area contributed by atoms with Crippen molar-refractivity contribution < 1.29 is 9.59 Å². The molecule has 13 heavy (non-hydrogen) atoms. The molecule has 0 unspecified atom stereocenters. The van der Waals surface area contributed by atoms with E-state index in [2.05, 4.69) is 0 Å². The molecule has 0 atom stereocenters. The number of halogens is 1. The summed E-state index contributed by atoms with van der Waals surface area (Å²) in [6.07, 6.45) is 0. The Morgan fingerprint density at radius 3 is 1.69 bits per heavy atom. The quantitative estimate of drug-likeness (QED) is 0.778. The molecule has 0 fully saturated rings. The fourth-order valence-corrected chi connectivity index (χ4v) is 0.826. The Hall–Kier alpha value is -1.11. The van der Waals surface area contributed by atoms with Crippen LogP contribution in [-0.2, 0) is 0 Å². The normalized spacial score (nSPS) is 8.62. The Morgan fingerprint density at radius 1 is 1.00 bits per heavy atom. The summed E-state index contributed by atoms with van der Waals surface area (Å²) in [5.41, 5.74) is 10.6. The Kier molecular flexibility index (Phi) is 4.39. The number of carbonyl (C=O) groups excluding carboxylic acids is 2. The molecule has 1 aromatic carbocycles. The van der Waals surface area contributed by atoms with Gasteiger partial charge in [-0.15, -0.1) is 24.0 Å². The molecule has 70 valence electrons. The van der Waals surface area contributed by atoms with Crippen LogP contribution in [0.15, 0.2) is 24.3 Å². The number of hydrogen-bond acceptors (Lipinski definition) is 2. The smallest absolute Gasteiger partial charge is 0.248 e. The van der Waals surface area contributed by atoms with E-state index in [0.717, 1.165) is 0 Å². The van der Waals surface area contributed by atoms with Gasteiger partial charge in [-0.3, -0.25) is 9.59 Å². The molecule has 4 nitrogen and oxygen atoms in total. The van der Waals surface area contributed by atoms with E-state index in [4.69, 9.17) is 11.5 Å². The molecule has 2 amide bonds. The second kappa shape index (κ2) is 4.80. The van der Waals surface area contributed by atoms with Crippen molar-refractivity contribution in [3.63, 3.8) is 0 Å². The first kappa shape index (κ1) is 11.9. The van der Waals surface area contributed by atoms with Gasteiger partial charge in [-0.05, 0) is 18.2 Å². The molecule has 0 aromatic heterocycles. The third-order valence-electron chi connectivity index (χ3n) is 1.43. The second-order valence-electron chi connectivity index (χ2n) is 2.31. The number of amides is 2. The molecule has 0 aliphatic carbocycles. The average molecular weight is 292 g/mol. The summed E-state index contributed by atoms with van der Waals surface area (Å²) < 4.78 is 0. The minimum Gasteiger partial charge on any atom is -0.366 e. The van der Waals surface area contributed by atoms with E-state index in [1.807, 2.05) is 0 Å². The second-order valence-corrected chi connectivity index (χ2v) is 2.31. The van der Waals surface area contributed by atoms with E-state index < -0.39 is 11.8 Å². The number of primary amides is 2. The van der Waals surface area contributed by atoms with Gasteiger partial charge in [0.05, 0.1) is 0 Å². The Morgan fingerprint density at radius 2 is 1.38 bits per heavy atom. The standard InChI is InChI=1S/C8H8N2O2.HI/c9-7(11)5-2-1-3-6(4-5)8(10)12;/h1-4H,(H2,9,11)(H2,10,12);1H. The predicted molar refractivity (Wildman–Crippen MR) is 58.9 cm³/mol. The minimum atomic E-state index is -0.571. The van der Waals surface area contributed by atoms with Crippen LogP contribution >= 0.6 is 24.0 Å². The lowest BCUT2D eigenvalue weighted by atomic mass is 10.1. The Balaban J connectivity index is 0.00000144. The molecular formula is C8H9IN2O2. The molecular weight excluding hydrogens is 283 g/mol. The monoisotopic (exact) mass is 292 g/mol. The first-order valence-electron chi connectivity index (χ1n) is 3.31. The van der Waals surface area contributed by atoms with E-state index in [1.165, 1.54) is 18.2 Å². The summed E-state index contributed by atoms with van der Waals surface area (Å²) in [6, 6.07) is 5.97. The van der Waals surface area contributed by atoms with E-state index in [-0.39, 0.29) is 35.1 Å². The zero-order valence-corrected chi connectivity index (χ0v) is 9.02. The number of benzene rings is 1. The zero-order chi connectivity index (χ0) is 9.14. The maximum atomic E-state index is 10.6. The van der Waals surface area contributed by atoms with E-state index in [9.17, 15) is 9.59 Å². The summed E-state index contributed by atoms with van der Waals surface area (Å²) in [5.74, 6) is -1.14. The van der Waals surface area contributed by atoms with Crippen LogP contribution in [0.1, 0.15) is 20.7 Å². The van der Waals surface area contributed by atoms with Crippen molar-refractivity contribution in [2.75, 3.05) is 0 Å². The molecule has 0 bridgehead atoms. The summed E-state index contributed by atoms with van der Waals surface area (Å²) in [4.78, 5) is 21.3. The van der Waals surface area contributed by atoms with Gasteiger partial charge in [0.2, 0.25) is 11.8 Å². The van der Waals surface area contributed by atoms with Crippen molar-refractivity contribution in [1.29, 1.82) is 0 Å². The molecule has 1 rings (SSSR count). The van der Waals surface area contributed by atoms with Crippen molar-refractivity contribution in [2.24, 2.45) is 11.5 Å². The molecule has 0 heterocycles. The van der Waals surface area contributed by atoms with Crippen molar-refractivity contribution >= 4 is 35.8 Å². The zero-order valence-electron chi connectivity index (χ0n) is 6.69. The van der Waals surface area contributed by atoms with Crippen molar-refractivity contribution in [2.45, 2.75) is 0 Å². The van der Waals surface area contributed by atoms with E-state index in [1.54, 1.807) is 6.07 Å². The highest BCUT2D eigenvalue weighted by Gasteiger charge is 2.03. The van der Waals surface area contributed by atoms with Gasteiger partial charge in [-0.1, -0.05) is 6.07 Å². The summed E-state index contributed by atoms with van der Waals surface area (Å²) >= 11 is 0. The lowest BCUT2D eigenvalue weighted by molar-refractivity contribution is 0.0999. The lowest BCUT2D eigenvalue weighted by Gasteiger charge is -1.97. The van der Waals surface area contributed by atoms with Gasteiger partial charge < -0.3 is 11.5 Å². The third-order valence-corrected chi connectivity index (χ3v) is 1.43. The number of rotatable bonds is 2. The highest BCUT2D eigenvalue weighted by molar-refractivity contribution is 14.0. The maximum absolute atomic E-state index is 10.6. The fraction of sp³-hybridized carbons (Fsp3) is 0. The van der Waals surface area contributed by atoms with Gasteiger partial charge in [0.15, 0.2) is 0 Å². The molecule has 0 saturated heterocycles. The number of hydrogen-bond donors (Lipinski definition) is 2. The van der Waals surface area contributed by atoms with Gasteiger partial charge in [-0.25, -0.2) is 0 Å². The van der Waals surface area contributed by atoms with Crippen molar-refractivity contribution in [3.05, 3.63) is 35.4 Å². The van der Waals surface area contributed by atoms with Crippen LogP contribution in [0.25, 0.3) is 0 Å². The van der Waals surface area contributed by atoms with Gasteiger partial charge in [0.1, 0.15) is 0 Å². The lowest BCUT2D eigenvalue weighted by Crippen LogP contribution is -2.14. The Labute approximate surface area is 92.3 Å². The van der Waals surface area contributed by atoms with E-state index in [0.29, 0.717) is 0 Å². The number of carbonyl (C=O) groups is 2. The maximum Gasteiger partial charge on any atom is 0.248 e. The summed E-state index contributed by atoms with van der Waals surface area (Å²) in [7, 11) is 0.